The molecule has 0 radical (unpaired) electrons. The van der Waals surface area contributed by atoms with Gasteiger partial charge in [-0.05, 0) is 47.9 Å². The molecule has 1 unspecified atom stereocenters. The Morgan fingerprint density at radius 3 is 2.16 bits per heavy atom. The maximum Gasteiger partial charge on any atom is 0.335 e. The highest BCUT2D eigenvalue weighted by Gasteiger charge is 2.21. The fraction of sp³-hybridized carbons (Fsp3) is 0.278. The molecule has 2 heterocycles. The third-order valence-corrected chi connectivity index (χ3v) is 8.03. The van der Waals surface area contributed by atoms with Gasteiger partial charge in [0.25, 0.3) is 0 Å². The Morgan fingerprint density at radius 1 is 0.791 bits per heavy atom. The van der Waals surface area contributed by atoms with E-state index >= 15 is 0 Å². The molecule has 0 amide bonds. The first kappa shape index (κ1) is 29.8. The number of nitriles is 1. The Bertz CT molecular complexity index is 1500. The van der Waals surface area contributed by atoms with E-state index in [1.165, 1.54) is 11.1 Å². The SMILES string of the molecule is N#Cc1ccccc1N1CCNC(Cc2ccccc2)C1.O=C(O)c1cccc(N2CCN(Cc3ccccc3)CC2)c1. The Balaban J connectivity index is 0.000000171. The summed E-state index contributed by atoms with van der Waals surface area (Å²) in [5.41, 5.74) is 5.86. The Hall–Kier alpha value is -4.64. The summed E-state index contributed by atoms with van der Waals surface area (Å²) in [4.78, 5) is 18.1. The Kier molecular flexibility index (Phi) is 10.4. The highest BCUT2D eigenvalue weighted by atomic mass is 16.4. The molecule has 2 aliphatic rings. The molecule has 0 bridgehead atoms. The Labute approximate surface area is 254 Å². The summed E-state index contributed by atoms with van der Waals surface area (Å²) in [7, 11) is 0. The van der Waals surface area contributed by atoms with Crippen LogP contribution in [0.5, 0.6) is 0 Å². The third kappa shape index (κ3) is 8.45. The van der Waals surface area contributed by atoms with E-state index in [1.807, 2.05) is 48.5 Å². The van der Waals surface area contributed by atoms with Gasteiger partial charge in [-0.25, -0.2) is 4.79 Å². The number of anilines is 2. The molecule has 0 saturated carbocycles. The van der Waals surface area contributed by atoms with Crippen LogP contribution in [0.1, 0.15) is 27.0 Å². The first-order valence-electron chi connectivity index (χ1n) is 14.9. The van der Waals surface area contributed by atoms with E-state index in [1.54, 1.807) is 12.1 Å². The second-order valence-corrected chi connectivity index (χ2v) is 11.0. The van der Waals surface area contributed by atoms with E-state index in [9.17, 15) is 10.1 Å². The van der Waals surface area contributed by atoms with Crippen molar-refractivity contribution < 1.29 is 9.90 Å². The van der Waals surface area contributed by atoms with Gasteiger partial charge in [0.2, 0.25) is 0 Å². The summed E-state index contributed by atoms with van der Waals surface area (Å²) in [5.74, 6) is -0.871. The minimum Gasteiger partial charge on any atom is -0.478 e. The standard InChI is InChI=1S/C18H19N3.C18H20N2O2/c19-13-16-8-4-5-9-18(16)21-11-10-20-17(14-21)12-15-6-2-1-3-7-15;21-18(22)16-7-4-8-17(13-16)20-11-9-19(10-12-20)14-15-5-2-1-3-6-15/h1-9,17,20H,10-12,14H2;1-8,13H,9-12,14H2,(H,21,22). The number of benzene rings is 4. The average molecular weight is 574 g/mol. The number of para-hydroxylation sites is 1. The van der Waals surface area contributed by atoms with Crippen LogP contribution >= 0.6 is 0 Å². The van der Waals surface area contributed by atoms with Gasteiger partial charge in [0.1, 0.15) is 6.07 Å². The molecule has 0 aromatic heterocycles. The summed E-state index contributed by atoms with van der Waals surface area (Å²) in [5, 5.41) is 21.9. The summed E-state index contributed by atoms with van der Waals surface area (Å²) in [6.07, 6.45) is 1.02. The number of aromatic carboxylic acids is 1. The summed E-state index contributed by atoms with van der Waals surface area (Å²) in [6, 6.07) is 38.8. The molecule has 6 rings (SSSR count). The van der Waals surface area contributed by atoms with E-state index in [2.05, 4.69) is 74.6 Å². The van der Waals surface area contributed by atoms with Gasteiger partial charge in [0.05, 0.1) is 16.8 Å². The van der Waals surface area contributed by atoms with Crippen molar-refractivity contribution in [3.8, 4) is 6.07 Å². The highest BCUT2D eigenvalue weighted by Crippen LogP contribution is 2.22. The number of carbonyl (C=O) groups is 1. The summed E-state index contributed by atoms with van der Waals surface area (Å²) in [6.45, 7) is 7.66. The zero-order valence-electron chi connectivity index (χ0n) is 24.5. The molecule has 1 atom stereocenters. The summed E-state index contributed by atoms with van der Waals surface area (Å²) < 4.78 is 0. The van der Waals surface area contributed by atoms with Crippen molar-refractivity contribution in [1.29, 1.82) is 5.26 Å². The van der Waals surface area contributed by atoms with Crippen LogP contribution in [0.4, 0.5) is 11.4 Å². The lowest BCUT2D eigenvalue weighted by Gasteiger charge is -2.36. The normalized spacial score (nSPS) is 17.0. The molecule has 220 valence electrons. The fourth-order valence-corrected chi connectivity index (χ4v) is 5.77. The number of piperazine rings is 2. The molecular weight excluding hydrogens is 534 g/mol. The van der Waals surface area contributed by atoms with Crippen LogP contribution in [0.15, 0.2) is 109 Å². The van der Waals surface area contributed by atoms with Crippen molar-refractivity contribution in [1.82, 2.24) is 10.2 Å². The molecular formula is C36H39N5O2. The van der Waals surface area contributed by atoms with Crippen molar-refractivity contribution in [3.63, 3.8) is 0 Å². The summed E-state index contributed by atoms with van der Waals surface area (Å²) >= 11 is 0. The van der Waals surface area contributed by atoms with Crippen LogP contribution < -0.4 is 15.1 Å². The van der Waals surface area contributed by atoms with Gasteiger partial charge in [0, 0.05) is 64.1 Å². The van der Waals surface area contributed by atoms with Gasteiger partial charge >= 0.3 is 5.97 Å². The second-order valence-electron chi connectivity index (χ2n) is 11.0. The van der Waals surface area contributed by atoms with Gasteiger partial charge in [-0.3, -0.25) is 4.90 Å². The van der Waals surface area contributed by atoms with Crippen LogP contribution in [-0.4, -0.2) is 67.8 Å². The molecule has 7 nitrogen and oxygen atoms in total. The largest absolute Gasteiger partial charge is 0.478 e. The van der Waals surface area contributed by atoms with Crippen molar-refractivity contribution in [2.45, 2.75) is 19.0 Å². The molecule has 7 heteroatoms. The molecule has 2 saturated heterocycles. The molecule has 4 aromatic rings. The minimum atomic E-state index is -0.871. The first-order valence-corrected chi connectivity index (χ1v) is 14.9. The molecule has 2 N–H and O–H groups in total. The van der Waals surface area contributed by atoms with Crippen LogP contribution in [0.25, 0.3) is 0 Å². The number of hydrogen-bond donors (Lipinski definition) is 2. The number of carboxylic acids is 1. The van der Waals surface area contributed by atoms with Crippen molar-refractivity contribution >= 4 is 17.3 Å². The lowest BCUT2D eigenvalue weighted by Crippen LogP contribution is -2.51. The second kappa shape index (κ2) is 15.0. The molecule has 4 aromatic carbocycles. The van der Waals surface area contributed by atoms with E-state index < -0.39 is 5.97 Å². The van der Waals surface area contributed by atoms with Gasteiger partial charge in [-0.15, -0.1) is 0 Å². The number of nitrogens with one attached hydrogen (secondary N) is 1. The fourth-order valence-electron chi connectivity index (χ4n) is 5.77. The molecule has 0 aliphatic carbocycles. The van der Waals surface area contributed by atoms with Crippen molar-refractivity contribution in [2.24, 2.45) is 0 Å². The van der Waals surface area contributed by atoms with E-state index in [0.29, 0.717) is 11.6 Å². The highest BCUT2D eigenvalue weighted by molar-refractivity contribution is 5.88. The van der Waals surface area contributed by atoms with Crippen molar-refractivity contribution in [2.75, 3.05) is 55.6 Å². The predicted octanol–water partition coefficient (Wildman–Crippen LogP) is 5.29. The monoisotopic (exact) mass is 573 g/mol. The van der Waals surface area contributed by atoms with Gasteiger partial charge in [-0.2, -0.15) is 5.26 Å². The quantitative estimate of drug-likeness (QED) is 0.311. The van der Waals surface area contributed by atoms with Crippen LogP contribution in [0.3, 0.4) is 0 Å². The van der Waals surface area contributed by atoms with Gasteiger partial charge in [0.15, 0.2) is 0 Å². The predicted molar refractivity (Wildman–Crippen MR) is 173 cm³/mol. The minimum absolute atomic E-state index is 0.351. The van der Waals surface area contributed by atoms with E-state index in [4.69, 9.17) is 5.11 Å². The molecule has 2 aliphatic heterocycles. The first-order chi connectivity index (χ1) is 21.1. The van der Waals surface area contributed by atoms with Gasteiger partial charge < -0.3 is 20.2 Å². The number of nitrogens with zero attached hydrogens (tertiary/aromatic N) is 4. The average Bonchev–Trinajstić information content (AvgIpc) is 3.06. The number of carboxylic acid groups (broad SMARTS) is 1. The lowest BCUT2D eigenvalue weighted by molar-refractivity contribution is 0.0697. The zero-order valence-corrected chi connectivity index (χ0v) is 24.5. The maximum absolute atomic E-state index is 11.1. The zero-order chi connectivity index (χ0) is 29.9. The maximum atomic E-state index is 11.1. The number of hydrogen-bond acceptors (Lipinski definition) is 6. The van der Waals surface area contributed by atoms with Crippen LogP contribution in [0, 0.1) is 11.3 Å². The van der Waals surface area contributed by atoms with E-state index in [0.717, 1.165) is 75.7 Å². The molecule has 43 heavy (non-hydrogen) atoms. The third-order valence-electron chi connectivity index (χ3n) is 8.03. The molecule has 0 spiro atoms. The van der Waals surface area contributed by atoms with Crippen LogP contribution in [-0.2, 0) is 13.0 Å². The van der Waals surface area contributed by atoms with E-state index in [-0.39, 0.29) is 0 Å². The number of rotatable bonds is 7. The van der Waals surface area contributed by atoms with Gasteiger partial charge in [-0.1, -0.05) is 78.9 Å². The van der Waals surface area contributed by atoms with Crippen molar-refractivity contribution in [3.05, 3.63) is 131 Å². The van der Waals surface area contributed by atoms with Crippen LogP contribution in [0.2, 0.25) is 0 Å². The smallest absolute Gasteiger partial charge is 0.335 e. The molecule has 2 fully saturated rings. The lowest BCUT2D eigenvalue weighted by atomic mass is 10.0. The topological polar surface area (TPSA) is 82.8 Å². The Morgan fingerprint density at radius 2 is 1.47 bits per heavy atom.